The van der Waals surface area contributed by atoms with Crippen molar-refractivity contribution in [1.29, 1.82) is 0 Å². The van der Waals surface area contributed by atoms with E-state index in [4.69, 9.17) is 19.2 Å². The van der Waals surface area contributed by atoms with Gasteiger partial charge in [0, 0.05) is 62.6 Å². The van der Waals surface area contributed by atoms with Crippen LogP contribution in [0.4, 0.5) is 4.79 Å². The second-order valence-corrected chi connectivity index (χ2v) is 11.1. The summed E-state index contributed by atoms with van der Waals surface area (Å²) in [5, 5.41) is 10.2. The summed E-state index contributed by atoms with van der Waals surface area (Å²) >= 11 is 0. The zero-order valence-corrected chi connectivity index (χ0v) is 21.7. The van der Waals surface area contributed by atoms with Gasteiger partial charge < -0.3 is 24.0 Å². The Kier molecular flexibility index (Phi) is 7.44. The molecule has 2 aromatic rings. The molecule has 0 radical (unpaired) electrons. The summed E-state index contributed by atoms with van der Waals surface area (Å²) in [7, 11) is 0. The lowest BCUT2D eigenvalue weighted by molar-refractivity contribution is 0.0490. The second kappa shape index (κ2) is 11.3. The molecule has 38 heavy (non-hydrogen) atoms. The van der Waals surface area contributed by atoms with Gasteiger partial charge in [-0.05, 0) is 62.3 Å². The van der Waals surface area contributed by atoms with Crippen molar-refractivity contribution >= 4 is 12.0 Å². The lowest BCUT2D eigenvalue weighted by Gasteiger charge is -2.23. The van der Waals surface area contributed by atoms with Gasteiger partial charge in [-0.2, -0.15) is 15.4 Å². The topological polar surface area (TPSA) is 123 Å². The fourth-order valence-corrected chi connectivity index (χ4v) is 5.83. The highest BCUT2D eigenvalue weighted by atomic mass is 16.6. The quantitative estimate of drug-likeness (QED) is 0.587. The second-order valence-electron chi connectivity index (χ2n) is 11.1. The van der Waals surface area contributed by atoms with Crippen LogP contribution in [0.5, 0.6) is 5.88 Å². The van der Waals surface area contributed by atoms with Crippen LogP contribution in [-0.2, 0) is 16.1 Å². The molecule has 1 saturated carbocycles. The minimum absolute atomic E-state index is 0.0501. The van der Waals surface area contributed by atoms with Gasteiger partial charge in [0.05, 0.1) is 12.8 Å². The number of amides is 2. The molecule has 2 unspecified atom stereocenters. The van der Waals surface area contributed by atoms with Crippen molar-refractivity contribution in [3.05, 3.63) is 35.3 Å². The van der Waals surface area contributed by atoms with E-state index in [1.54, 1.807) is 11.1 Å². The zero-order valence-electron chi connectivity index (χ0n) is 21.7. The molecule has 0 bridgehead atoms. The normalized spacial score (nSPS) is 24.1. The van der Waals surface area contributed by atoms with Crippen LogP contribution in [0, 0.1) is 17.8 Å². The number of pyridine rings is 1. The van der Waals surface area contributed by atoms with Crippen molar-refractivity contribution in [2.24, 2.45) is 17.8 Å². The van der Waals surface area contributed by atoms with Crippen LogP contribution < -0.4 is 4.74 Å². The van der Waals surface area contributed by atoms with Gasteiger partial charge in [-0.1, -0.05) is 0 Å². The number of aromatic amines is 1. The molecule has 204 valence electrons. The van der Waals surface area contributed by atoms with Gasteiger partial charge in [-0.15, -0.1) is 0 Å². The van der Waals surface area contributed by atoms with Crippen molar-refractivity contribution in [1.82, 2.24) is 30.2 Å². The average Bonchev–Trinajstić information content (AvgIpc) is 3.59. The number of likely N-dealkylation sites (tertiary alicyclic amines) is 2. The number of hydrogen-bond donors (Lipinski definition) is 1. The third-order valence-corrected chi connectivity index (χ3v) is 8.34. The lowest BCUT2D eigenvalue weighted by atomic mass is 9.92. The Balaban J connectivity index is 1.05. The van der Waals surface area contributed by atoms with Crippen molar-refractivity contribution in [2.45, 2.75) is 51.0 Å². The Morgan fingerprint density at radius 3 is 2.45 bits per heavy atom. The number of fused-ring (bicyclic) bond motifs is 1. The van der Waals surface area contributed by atoms with E-state index >= 15 is 0 Å². The molecule has 4 aliphatic rings. The summed E-state index contributed by atoms with van der Waals surface area (Å²) in [5.74, 6) is 2.26. The molecule has 11 heteroatoms. The van der Waals surface area contributed by atoms with Crippen molar-refractivity contribution < 1.29 is 23.8 Å². The first kappa shape index (κ1) is 25.1. The van der Waals surface area contributed by atoms with E-state index in [1.165, 1.54) is 0 Å². The molecule has 1 N–H and O–H groups in total. The van der Waals surface area contributed by atoms with E-state index in [0.717, 1.165) is 57.4 Å². The van der Waals surface area contributed by atoms with Crippen molar-refractivity contribution in [3.8, 4) is 5.88 Å². The molecular weight excluding hydrogens is 488 g/mol. The SMILES string of the molecule is O=C(OCc1cn[nH]n1)N1CC2CCN(C(=O)c3cc(OCC4CCOCC4)nc(C4CC4)c3)CCC2C1. The van der Waals surface area contributed by atoms with Crippen LogP contribution in [-0.4, -0.2) is 88.2 Å². The summed E-state index contributed by atoms with van der Waals surface area (Å²) in [6.45, 7) is 4.98. The Bertz CT molecular complexity index is 1100. The van der Waals surface area contributed by atoms with E-state index in [-0.39, 0.29) is 18.6 Å². The fourth-order valence-electron chi connectivity index (χ4n) is 5.83. The standard InChI is InChI=1S/C27H36N6O5/c34-26(22-11-24(19-1-2-19)29-25(12-22)37-16-18-5-9-36-10-6-18)32-7-3-20-14-33(15-21(20)4-8-32)27(35)38-17-23-13-28-31-30-23/h11-13,18-21H,1-10,14-17H2,(H,28,30,31). The fraction of sp³-hybridized carbons (Fsp3) is 0.667. The Morgan fingerprint density at radius 2 is 1.76 bits per heavy atom. The number of nitrogens with one attached hydrogen (secondary N) is 1. The number of H-pyrrole nitrogens is 1. The van der Waals surface area contributed by atoms with Gasteiger partial charge in [-0.3, -0.25) is 4.79 Å². The monoisotopic (exact) mass is 524 g/mol. The molecule has 2 atom stereocenters. The molecule has 2 amide bonds. The van der Waals surface area contributed by atoms with Crippen LogP contribution in [0.25, 0.3) is 0 Å². The van der Waals surface area contributed by atoms with E-state index < -0.39 is 0 Å². The number of carbonyl (C=O) groups is 2. The molecule has 5 heterocycles. The van der Waals surface area contributed by atoms with Crippen LogP contribution in [0.2, 0.25) is 0 Å². The number of nitrogens with zero attached hydrogens (tertiary/aromatic N) is 5. The van der Waals surface area contributed by atoms with Crippen molar-refractivity contribution in [3.63, 3.8) is 0 Å². The van der Waals surface area contributed by atoms with E-state index in [1.807, 2.05) is 17.0 Å². The van der Waals surface area contributed by atoms with Crippen LogP contribution in [0.3, 0.4) is 0 Å². The van der Waals surface area contributed by atoms with E-state index in [9.17, 15) is 9.59 Å². The molecule has 1 aliphatic carbocycles. The summed E-state index contributed by atoms with van der Waals surface area (Å²) in [6.07, 6.45) is 7.22. The Labute approximate surface area is 222 Å². The lowest BCUT2D eigenvalue weighted by Crippen LogP contribution is -2.34. The van der Waals surface area contributed by atoms with Gasteiger partial charge in [0.15, 0.2) is 0 Å². The third kappa shape index (κ3) is 5.92. The average molecular weight is 525 g/mol. The molecule has 6 rings (SSSR count). The number of carbonyl (C=O) groups excluding carboxylic acids is 2. The smallest absolute Gasteiger partial charge is 0.410 e. The maximum Gasteiger partial charge on any atom is 0.410 e. The van der Waals surface area contributed by atoms with Gasteiger partial charge in [0.2, 0.25) is 5.88 Å². The summed E-state index contributed by atoms with van der Waals surface area (Å²) in [6, 6.07) is 3.80. The summed E-state index contributed by atoms with van der Waals surface area (Å²) in [5.41, 5.74) is 2.25. The summed E-state index contributed by atoms with van der Waals surface area (Å²) in [4.78, 5) is 34.7. The van der Waals surface area contributed by atoms with Crippen LogP contribution in [0.1, 0.15) is 66.2 Å². The highest BCUT2D eigenvalue weighted by Crippen LogP contribution is 2.40. The van der Waals surface area contributed by atoms with Crippen LogP contribution >= 0.6 is 0 Å². The molecule has 2 aromatic heterocycles. The highest BCUT2D eigenvalue weighted by molar-refractivity contribution is 5.94. The first-order chi connectivity index (χ1) is 18.6. The first-order valence-corrected chi connectivity index (χ1v) is 13.9. The van der Waals surface area contributed by atoms with Gasteiger partial charge >= 0.3 is 6.09 Å². The number of ether oxygens (including phenoxy) is 3. The summed E-state index contributed by atoms with van der Waals surface area (Å²) < 4.78 is 17.0. The molecule has 0 spiro atoms. The van der Waals surface area contributed by atoms with Crippen LogP contribution in [0.15, 0.2) is 18.3 Å². The molecule has 3 aliphatic heterocycles. The number of hydrogen-bond acceptors (Lipinski definition) is 8. The minimum atomic E-state index is -0.313. The predicted molar refractivity (Wildman–Crippen MR) is 136 cm³/mol. The maximum atomic E-state index is 13.6. The predicted octanol–water partition coefficient (Wildman–Crippen LogP) is 3.00. The minimum Gasteiger partial charge on any atom is -0.477 e. The maximum absolute atomic E-state index is 13.6. The van der Waals surface area contributed by atoms with E-state index in [0.29, 0.717) is 73.6 Å². The van der Waals surface area contributed by atoms with Gasteiger partial charge in [-0.25, -0.2) is 9.78 Å². The zero-order chi connectivity index (χ0) is 25.9. The van der Waals surface area contributed by atoms with E-state index in [2.05, 4.69) is 15.4 Å². The number of aromatic nitrogens is 4. The van der Waals surface area contributed by atoms with Gasteiger partial charge in [0.1, 0.15) is 12.3 Å². The Hall–Kier alpha value is -3.21. The molecule has 3 saturated heterocycles. The van der Waals surface area contributed by atoms with Crippen molar-refractivity contribution in [2.75, 3.05) is 46.0 Å². The largest absolute Gasteiger partial charge is 0.477 e. The Morgan fingerprint density at radius 1 is 1.00 bits per heavy atom. The number of rotatable bonds is 7. The molecule has 0 aromatic carbocycles. The third-order valence-electron chi connectivity index (χ3n) is 8.34. The molecule has 11 nitrogen and oxygen atoms in total. The first-order valence-electron chi connectivity index (χ1n) is 13.9. The molecule has 4 fully saturated rings. The van der Waals surface area contributed by atoms with Gasteiger partial charge in [0.25, 0.3) is 5.91 Å². The molecular formula is C27H36N6O5. The highest BCUT2D eigenvalue weighted by Gasteiger charge is 2.38.